The minimum absolute atomic E-state index is 0. The van der Waals surface area contributed by atoms with Crippen molar-refractivity contribution in [2.75, 3.05) is 39.3 Å². The molecule has 0 unspecified atom stereocenters. The largest absolute Gasteiger partial charge is 0 e. The predicted octanol–water partition coefficient (Wildman–Crippen LogP) is 0.0930. The molecule has 0 bridgehead atoms. The topological polar surface area (TPSA) is 46.9 Å². The van der Waals surface area contributed by atoms with Crippen LogP contribution in [0, 0.1) is 0 Å². The Bertz CT molecular complexity index is 258. The molecule has 0 aromatic heterocycles. The van der Waals surface area contributed by atoms with Crippen molar-refractivity contribution in [2.45, 2.75) is 6.92 Å². The van der Waals surface area contributed by atoms with Crippen LogP contribution in [0.5, 0.6) is 0 Å². The summed E-state index contributed by atoms with van der Waals surface area (Å²) in [5, 5.41) is 2.06. The van der Waals surface area contributed by atoms with Crippen LogP contribution in [0.25, 0.3) is 5.43 Å². The van der Waals surface area contributed by atoms with Crippen LogP contribution in [0.3, 0.4) is 0 Å². The summed E-state index contributed by atoms with van der Waals surface area (Å²) in [5.74, 6) is -0.334. The summed E-state index contributed by atoms with van der Waals surface area (Å²) in [5.41, 5.74) is 4.80. The fourth-order valence-electron chi connectivity index (χ4n) is 1.28. The summed E-state index contributed by atoms with van der Waals surface area (Å²) >= 11 is 1.13. The van der Waals surface area contributed by atoms with Crippen molar-refractivity contribution in [3.8, 4) is 0 Å². The molecular weight excluding hydrogens is 490 g/mol. The van der Waals surface area contributed by atoms with E-state index in [9.17, 15) is 4.79 Å². The Kier molecular flexibility index (Phi) is 10.6. The van der Waals surface area contributed by atoms with Crippen molar-refractivity contribution in [3.63, 3.8) is 0 Å². The molecule has 0 aliphatic carbocycles. The fraction of sp³-hybridized carbons (Fsp3) is 0.700. The van der Waals surface area contributed by atoms with Crippen LogP contribution in [0.2, 0.25) is 0 Å². The number of nitrogens with zero attached hydrogens (tertiary/aromatic N) is 3. The SMILES string of the molecule is C=C(C)C(=O)OCC[N-]N1CC[N]([Pb])CC1.[Y]. The van der Waals surface area contributed by atoms with Crippen LogP contribution >= 0.6 is 0 Å². The summed E-state index contributed by atoms with van der Waals surface area (Å²) in [6.45, 7) is 10.2. The van der Waals surface area contributed by atoms with Gasteiger partial charge >= 0.3 is 113 Å². The molecular formula is C10H17N3O2PbY-. The van der Waals surface area contributed by atoms with Crippen LogP contribution < -0.4 is 0 Å². The Morgan fingerprint density at radius 3 is 2.53 bits per heavy atom. The predicted molar refractivity (Wildman–Crippen MR) is 62.9 cm³/mol. The Balaban J connectivity index is 0.00000256. The third-order valence-electron chi connectivity index (χ3n) is 2.23. The van der Waals surface area contributed by atoms with E-state index >= 15 is 0 Å². The number of ether oxygens (including phenoxy) is 1. The Morgan fingerprint density at radius 2 is 2.00 bits per heavy atom. The average molecular weight is 507 g/mol. The molecule has 1 rings (SSSR count). The normalized spacial score (nSPS) is 17.3. The summed E-state index contributed by atoms with van der Waals surface area (Å²) in [7, 11) is 0. The molecule has 92 valence electrons. The molecule has 0 aromatic rings. The van der Waals surface area contributed by atoms with Gasteiger partial charge in [0.2, 0.25) is 0 Å². The van der Waals surface area contributed by atoms with Crippen molar-refractivity contribution < 1.29 is 42.2 Å². The van der Waals surface area contributed by atoms with Gasteiger partial charge in [-0.15, -0.1) is 0 Å². The maximum absolute atomic E-state index is 11.1. The van der Waals surface area contributed by atoms with Crippen molar-refractivity contribution in [1.82, 2.24) is 7.72 Å². The number of piperazine rings is 1. The molecule has 4 radical (unpaired) electrons. The second kappa shape index (κ2) is 9.97. The van der Waals surface area contributed by atoms with Crippen LogP contribution in [0.1, 0.15) is 6.92 Å². The van der Waals surface area contributed by atoms with Crippen LogP contribution in [0.4, 0.5) is 0 Å². The van der Waals surface area contributed by atoms with E-state index in [1.165, 1.54) is 0 Å². The summed E-state index contributed by atoms with van der Waals surface area (Å²) in [6.07, 6.45) is 0. The van der Waals surface area contributed by atoms with E-state index in [0.29, 0.717) is 18.7 Å². The minimum atomic E-state index is -0.334. The summed E-state index contributed by atoms with van der Waals surface area (Å²) < 4.78 is 7.36. The van der Waals surface area contributed by atoms with Gasteiger partial charge in [0.25, 0.3) is 0 Å². The van der Waals surface area contributed by atoms with E-state index in [-0.39, 0.29) is 38.7 Å². The molecule has 0 aromatic carbocycles. The zero-order valence-electron chi connectivity index (χ0n) is 10.2. The first-order valence-electron chi connectivity index (χ1n) is 5.31. The molecule has 0 amide bonds. The minimum Gasteiger partial charge on any atom is 0 e. The Morgan fingerprint density at radius 1 is 1.41 bits per heavy atom. The van der Waals surface area contributed by atoms with Crippen molar-refractivity contribution in [3.05, 3.63) is 17.6 Å². The van der Waals surface area contributed by atoms with Crippen LogP contribution in [-0.2, 0) is 42.2 Å². The van der Waals surface area contributed by atoms with E-state index in [0.717, 1.165) is 52.2 Å². The molecule has 1 heterocycles. The third kappa shape index (κ3) is 8.00. The molecule has 5 nitrogen and oxygen atoms in total. The Hall–Kier alpha value is 1.12. The maximum atomic E-state index is 11.1. The number of rotatable bonds is 5. The second-order valence-corrected chi connectivity index (χ2v) is 6.18. The quantitative estimate of drug-likeness (QED) is 0.229. The van der Waals surface area contributed by atoms with Gasteiger partial charge in [-0.2, -0.15) is 0 Å². The molecule has 17 heavy (non-hydrogen) atoms. The van der Waals surface area contributed by atoms with E-state index in [2.05, 4.69) is 19.7 Å². The zero-order valence-corrected chi connectivity index (χ0v) is 16.9. The molecule has 1 saturated heterocycles. The van der Waals surface area contributed by atoms with E-state index in [4.69, 9.17) is 4.74 Å². The smallest absolute Gasteiger partial charge is 0 e. The zero-order chi connectivity index (χ0) is 12.0. The van der Waals surface area contributed by atoms with Crippen molar-refractivity contribution in [1.29, 1.82) is 0 Å². The third-order valence-corrected chi connectivity index (χ3v) is 3.97. The van der Waals surface area contributed by atoms with Gasteiger partial charge in [-0.05, 0) is 0 Å². The molecule has 0 N–H and O–H groups in total. The molecule has 1 aliphatic rings. The van der Waals surface area contributed by atoms with Gasteiger partial charge in [-0.1, -0.05) is 0 Å². The summed E-state index contributed by atoms with van der Waals surface area (Å²) in [4.78, 5) is 11.1. The summed E-state index contributed by atoms with van der Waals surface area (Å²) in [6, 6.07) is 0. The monoisotopic (exact) mass is 508 g/mol. The van der Waals surface area contributed by atoms with Crippen LogP contribution in [0.15, 0.2) is 12.2 Å². The molecule has 7 heteroatoms. The standard InChI is InChI=1S/C10H17N3O2.Pb.Y/c1-9(2)10(14)15-8-5-12-13-6-3-11-4-7-13;;/h1,3-8H2,2H3;;/q-2;+1;. The van der Waals surface area contributed by atoms with E-state index in [1.807, 2.05) is 0 Å². The van der Waals surface area contributed by atoms with Gasteiger partial charge in [0, 0.05) is 32.7 Å². The molecule has 1 fully saturated rings. The van der Waals surface area contributed by atoms with Gasteiger partial charge in [-0.25, -0.2) is 0 Å². The first-order valence-corrected chi connectivity index (χ1v) is 7.04. The first-order chi connectivity index (χ1) is 7.59. The second-order valence-electron chi connectivity index (χ2n) is 3.72. The maximum Gasteiger partial charge on any atom is 0 e. The molecule has 0 spiro atoms. The van der Waals surface area contributed by atoms with Gasteiger partial charge in [0.15, 0.2) is 0 Å². The Labute approximate surface area is 144 Å². The molecule has 0 saturated carbocycles. The number of hydrogen-bond donors (Lipinski definition) is 0. The van der Waals surface area contributed by atoms with Gasteiger partial charge < -0.3 is 0 Å². The molecule has 0 atom stereocenters. The molecule has 1 aliphatic heterocycles. The van der Waals surface area contributed by atoms with E-state index in [1.54, 1.807) is 6.92 Å². The van der Waals surface area contributed by atoms with Crippen LogP contribution in [-0.4, -0.2) is 79.1 Å². The fourth-order valence-corrected chi connectivity index (χ4v) is 2.06. The van der Waals surface area contributed by atoms with Gasteiger partial charge in [0.05, 0.1) is 0 Å². The number of esters is 1. The number of carbonyl (C=O) groups is 1. The number of carbonyl (C=O) groups excluding carboxylic acids is 1. The first kappa shape index (κ1) is 18.1. The van der Waals surface area contributed by atoms with Gasteiger partial charge in [-0.3, -0.25) is 0 Å². The average Bonchev–Trinajstić information content (AvgIpc) is 2.26. The van der Waals surface area contributed by atoms with E-state index < -0.39 is 0 Å². The number of hydrogen-bond acceptors (Lipinski definition) is 4. The van der Waals surface area contributed by atoms with Crippen molar-refractivity contribution >= 4 is 32.0 Å². The van der Waals surface area contributed by atoms with Gasteiger partial charge in [0.1, 0.15) is 0 Å². The van der Waals surface area contributed by atoms with Crippen molar-refractivity contribution in [2.24, 2.45) is 0 Å².